The van der Waals surface area contributed by atoms with Crippen LogP contribution < -0.4 is 0 Å². The number of nitro groups is 1. The minimum absolute atomic E-state index is 0.0760. The van der Waals surface area contributed by atoms with Crippen LogP contribution in [0.15, 0.2) is 30.5 Å². The van der Waals surface area contributed by atoms with Crippen LogP contribution in [0.2, 0.25) is 0 Å². The Balaban J connectivity index is 2.30. The van der Waals surface area contributed by atoms with Crippen molar-refractivity contribution in [3.8, 4) is 17.2 Å². The van der Waals surface area contributed by atoms with Gasteiger partial charge in [0.25, 0.3) is 5.69 Å². The molecule has 0 aliphatic carbocycles. The first-order chi connectivity index (χ1) is 10.5. The van der Waals surface area contributed by atoms with Gasteiger partial charge in [0.15, 0.2) is 0 Å². The molecular formula is C15H9IN4O2. The van der Waals surface area contributed by atoms with Gasteiger partial charge < -0.3 is 4.98 Å². The summed E-state index contributed by atoms with van der Waals surface area (Å²) in [7, 11) is 0. The Bertz CT molecular complexity index is 956. The molecule has 0 saturated heterocycles. The van der Waals surface area contributed by atoms with Gasteiger partial charge in [0.05, 0.1) is 14.2 Å². The molecule has 0 spiro atoms. The molecule has 0 fully saturated rings. The molecular weight excluding hydrogens is 395 g/mol. The summed E-state index contributed by atoms with van der Waals surface area (Å²) >= 11 is 2.13. The fourth-order valence-electron chi connectivity index (χ4n) is 2.34. The molecule has 1 N–H and O–H groups in total. The van der Waals surface area contributed by atoms with Crippen LogP contribution in [0.5, 0.6) is 0 Å². The number of hydrogen-bond acceptors (Lipinski definition) is 4. The molecule has 3 rings (SSSR count). The summed E-state index contributed by atoms with van der Waals surface area (Å²) in [6.45, 7) is 1.71. The molecule has 0 aliphatic heterocycles. The van der Waals surface area contributed by atoms with Crippen molar-refractivity contribution in [2.45, 2.75) is 6.92 Å². The number of rotatable bonds is 2. The standard InChI is InChI=1S/C15H9IN4O2/c1-8-2-3-10(5-12(8)20(21)22)13-11-4-9(6-17)7-18-15(11)19-14(13)16/h2-5,7H,1H3,(H,18,19). The van der Waals surface area contributed by atoms with Crippen molar-refractivity contribution in [1.29, 1.82) is 5.26 Å². The molecule has 2 heterocycles. The van der Waals surface area contributed by atoms with Crippen LogP contribution in [0.25, 0.3) is 22.2 Å². The van der Waals surface area contributed by atoms with Gasteiger partial charge in [-0.25, -0.2) is 4.98 Å². The summed E-state index contributed by atoms with van der Waals surface area (Å²) in [5.74, 6) is 0. The lowest BCUT2D eigenvalue weighted by molar-refractivity contribution is -0.385. The smallest absolute Gasteiger partial charge is 0.272 e. The molecule has 0 atom stereocenters. The Morgan fingerprint density at radius 3 is 2.86 bits per heavy atom. The largest absolute Gasteiger partial charge is 0.334 e. The fraction of sp³-hybridized carbons (Fsp3) is 0.0667. The quantitative estimate of drug-likeness (QED) is 0.398. The molecule has 2 aromatic heterocycles. The van der Waals surface area contributed by atoms with E-state index >= 15 is 0 Å². The maximum Gasteiger partial charge on any atom is 0.272 e. The number of nitrogens with one attached hydrogen (secondary N) is 1. The number of benzene rings is 1. The molecule has 0 amide bonds. The number of aryl methyl sites for hydroxylation is 1. The lowest BCUT2D eigenvalue weighted by atomic mass is 10.0. The van der Waals surface area contributed by atoms with E-state index in [0.717, 1.165) is 20.2 Å². The van der Waals surface area contributed by atoms with Crippen LogP contribution in [0, 0.1) is 32.1 Å². The molecule has 0 unspecified atom stereocenters. The number of aromatic amines is 1. The van der Waals surface area contributed by atoms with E-state index in [9.17, 15) is 10.1 Å². The Labute approximate surface area is 139 Å². The normalized spacial score (nSPS) is 10.6. The van der Waals surface area contributed by atoms with Gasteiger partial charge in [-0.2, -0.15) is 5.26 Å². The summed E-state index contributed by atoms with van der Waals surface area (Å²) in [6.07, 6.45) is 1.50. The summed E-state index contributed by atoms with van der Waals surface area (Å²) < 4.78 is 0.827. The summed E-state index contributed by atoms with van der Waals surface area (Å²) in [4.78, 5) is 18.1. The van der Waals surface area contributed by atoms with Gasteiger partial charge in [-0.1, -0.05) is 12.1 Å². The highest BCUT2D eigenvalue weighted by atomic mass is 127. The van der Waals surface area contributed by atoms with Crippen molar-refractivity contribution in [1.82, 2.24) is 9.97 Å². The van der Waals surface area contributed by atoms with Crippen molar-refractivity contribution in [3.63, 3.8) is 0 Å². The van der Waals surface area contributed by atoms with Gasteiger partial charge in [-0.3, -0.25) is 10.1 Å². The predicted octanol–water partition coefficient (Wildman–Crippen LogP) is 3.92. The molecule has 0 saturated carbocycles. The zero-order valence-electron chi connectivity index (χ0n) is 11.4. The van der Waals surface area contributed by atoms with Crippen LogP contribution in [0.3, 0.4) is 0 Å². The molecule has 0 bridgehead atoms. The van der Waals surface area contributed by atoms with Crippen molar-refractivity contribution in [2.24, 2.45) is 0 Å². The highest BCUT2D eigenvalue weighted by molar-refractivity contribution is 14.1. The third-order valence-corrected chi connectivity index (χ3v) is 4.24. The van der Waals surface area contributed by atoms with E-state index in [1.807, 2.05) is 6.07 Å². The van der Waals surface area contributed by atoms with Gasteiger partial charge in [-0.05, 0) is 41.1 Å². The van der Waals surface area contributed by atoms with Crippen molar-refractivity contribution < 1.29 is 4.92 Å². The van der Waals surface area contributed by atoms with Crippen LogP contribution >= 0.6 is 22.6 Å². The monoisotopic (exact) mass is 404 g/mol. The second-order valence-corrected chi connectivity index (χ2v) is 5.88. The number of nitrogens with zero attached hydrogens (tertiary/aromatic N) is 3. The lowest BCUT2D eigenvalue weighted by Gasteiger charge is -2.03. The number of aromatic nitrogens is 2. The van der Waals surface area contributed by atoms with Gasteiger partial charge >= 0.3 is 0 Å². The van der Waals surface area contributed by atoms with E-state index in [4.69, 9.17) is 5.26 Å². The minimum Gasteiger partial charge on any atom is -0.334 e. The average molecular weight is 404 g/mol. The first-order valence-corrected chi connectivity index (χ1v) is 7.42. The number of halogens is 1. The molecule has 1 aromatic carbocycles. The Morgan fingerprint density at radius 1 is 1.41 bits per heavy atom. The first-order valence-electron chi connectivity index (χ1n) is 6.34. The number of H-pyrrole nitrogens is 1. The van der Waals surface area contributed by atoms with Gasteiger partial charge in [0, 0.05) is 28.8 Å². The van der Waals surface area contributed by atoms with Crippen LogP contribution in [0.1, 0.15) is 11.1 Å². The van der Waals surface area contributed by atoms with Crippen molar-refractivity contribution in [3.05, 3.63) is 55.4 Å². The molecule has 6 nitrogen and oxygen atoms in total. The molecule has 22 heavy (non-hydrogen) atoms. The highest BCUT2D eigenvalue weighted by Gasteiger charge is 2.17. The summed E-state index contributed by atoms with van der Waals surface area (Å²) in [5, 5.41) is 20.9. The third kappa shape index (κ3) is 2.31. The average Bonchev–Trinajstić information content (AvgIpc) is 2.82. The van der Waals surface area contributed by atoms with E-state index in [0.29, 0.717) is 16.8 Å². The van der Waals surface area contributed by atoms with E-state index in [-0.39, 0.29) is 10.6 Å². The maximum absolute atomic E-state index is 11.1. The molecule has 108 valence electrons. The third-order valence-electron chi connectivity index (χ3n) is 3.43. The Kier molecular flexibility index (Phi) is 3.54. The topological polar surface area (TPSA) is 95.6 Å². The number of pyridine rings is 1. The number of fused-ring (bicyclic) bond motifs is 1. The Morgan fingerprint density at radius 2 is 2.18 bits per heavy atom. The van der Waals surface area contributed by atoms with E-state index in [1.54, 1.807) is 25.1 Å². The summed E-state index contributed by atoms with van der Waals surface area (Å²) in [6, 6.07) is 8.92. The zero-order chi connectivity index (χ0) is 15.9. The lowest BCUT2D eigenvalue weighted by Crippen LogP contribution is -1.92. The predicted molar refractivity (Wildman–Crippen MR) is 90.4 cm³/mol. The maximum atomic E-state index is 11.1. The van der Waals surface area contributed by atoms with Crippen LogP contribution in [0.4, 0.5) is 5.69 Å². The zero-order valence-corrected chi connectivity index (χ0v) is 13.6. The number of hydrogen-bond donors (Lipinski definition) is 1. The minimum atomic E-state index is -0.389. The molecule has 3 aromatic rings. The number of nitro benzene ring substituents is 1. The molecule has 0 radical (unpaired) electrons. The summed E-state index contributed by atoms with van der Waals surface area (Å²) in [5.41, 5.74) is 3.34. The first kappa shape index (κ1) is 14.5. The fourth-order valence-corrected chi connectivity index (χ4v) is 3.20. The second kappa shape index (κ2) is 5.38. The Hall–Kier alpha value is -2.47. The van der Waals surface area contributed by atoms with Crippen molar-refractivity contribution in [2.75, 3.05) is 0 Å². The van der Waals surface area contributed by atoms with Gasteiger partial charge in [0.2, 0.25) is 0 Å². The van der Waals surface area contributed by atoms with Gasteiger partial charge in [-0.15, -0.1) is 0 Å². The SMILES string of the molecule is Cc1ccc(-c2c(I)[nH]c3ncc(C#N)cc23)cc1[N+](=O)[O-]. The molecule has 0 aliphatic rings. The second-order valence-electron chi connectivity index (χ2n) is 4.80. The van der Waals surface area contributed by atoms with E-state index < -0.39 is 0 Å². The van der Waals surface area contributed by atoms with E-state index in [2.05, 4.69) is 38.6 Å². The van der Waals surface area contributed by atoms with Gasteiger partial charge in [0.1, 0.15) is 11.7 Å². The number of nitriles is 1. The highest BCUT2D eigenvalue weighted by Crippen LogP contribution is 2.35. The molecule has 7 heteroatoms. The van der Waals surface area contributed by atoms with Crippen LogP contribution in [-0.2, 0) is 0 Å². The van der Waals surface area contributed by atoms with E-state index in [1.165, 1.54) is 6.20 Å². The van der Waals surface area contributed by atoms with Crippen molar-refractivity contribution >= 4 is 39.3 Å². The van der Waals surface area contributed by atoms with Crippen LogP contribution in [-0.4, -0.2) is 14.9 Å².